The van der Waals surface area contributed by atoms with Crippen LogP contribution in [0.3, 0.4) is 0 Å². The second kappa shape index (κ2) is 4.26. The standard InChI is InChI=1S/C10H12N4O/c11-6-8-9(2-1-3-13-8)14-4-5-15-10(12)7-14/h1-3,10H,4-5,7,12H2/t10-/m0/s1. The highest BCUT2D eigenvalue weighted by molar-refractivity contribution is 5.55. The van der Waals surface area contributed by atoms with E-state index in [1.54, 1.807) is 6.20 Å². The minimum Gasteiger partial charge on any atom is -0.363 e. The van der Waals surface area contributed by atoms with Crippen LogP contribution in [0.25, 0.3) is 0 Å². The molecular formula is C10H12N4O. The molecular weight excluding hydrogens is 192 g/mol. The van der Waals surface area contributed by atoms with E-state index in [4.69, 9.17) is 15.7 Å². The van der Waals surface area contributed by atoms with E-state index < -0.39 is 0 Å². The van der Waals surface area contributed by atoms with Gasteiger partial charge in [0.2, 0.25) is 0 Å². The van der Waals surface area contributed by atoms with Crippen molar-refractivity contribution in [2.75, 3.05) is 24.6 Å². The fourth-order valence-electron chi connectivity index (χ4n) is 1.63. The van der Waals surface area contributed by atoms with Crippen molar-refractivity contribution < 1.29 is 4.74 Å². The molecule has 1 aromatic rings. The molecule has 5 nitrogen and oxygen atoms in total. The summed E-state index contributed by atoms with van der Waals surface area (Å²) in [6.07, 6.45) is 1.33. The van der Waals surface area contributed by atoms with Crippen molar-refractivity contribution in [1.82, 2.24) is 4.98 Å². The van der Waals surface area contributed by atoms with Gasteiger partial charge in [0, 0.05) is 12.7 Å². The summed E-state index contributed by atoms with van der Waals surface area (Å²) in [7, 11) is 0. The molecule has 2 rings (SSSR count). The molecule has 0 aromatic carbocycles. The number of morpholine rings is 1. The molecule has 0 spiro atoms. The Morgan fingerprint density at radius 3 is 3.27 bits per heavy atom. The minimum atomic E-state index is -0.287. The summed E-state index contributed by atoms with van der Waals surface area (Å²) in [5.41, 5.74) is 6.96. The zero-order valence-electron chi connectivity index (χ0n) is 8.26. The smallest absolute Gasteiger partial charge is 0.163 e. The molecule has 1 aliphatic rings. The number of nitriles is 1. The first-order valence-electron chi connectivity index (χ1n) is 4.78. The van der Waals surface area contributed by atoms with Gasteiger partial charge in [-0.25, -0.2) is 4.98 Å². The first-order chi connectivity index (χ1) is 7.31. The van der Waals surface area contributed by atoms with Crippen molar-refractivity contribution in [2.24, 2.45) is 5.73 Å². The largest absolute Gasteiger partial charge is 0.363 e. The number of hydrogen-bond acceptors (Lipinski definition) is 5. The third-order valence-corrected chi connectivity index (χ3v) is 2.33. The summed E-state index contributed by atoms with van der Waals surface area (Å²) in [4.78, 5) is 6.04. The quantitative estimate of drug-likeness (QED) is 0.700. The molecule has 2 N–H and O–H groups in total. The fraction of sp³-hybridized carbons (Fsp3) is 0.400. The van der Waals surface area contributed by atoms with Crippen molar-refractivity contribution >= 4 is 5.69 Å². The number of nitrogens with two attached hydrogens (primary N) is 1. The third kappa shape index (κ3) is 2.06. The van der Waals surface area contributed by atoms with Crippen LogP contribution in [0, 0.1) is 11.3 Å². The summed E-state index contributed by atoms with van der Waals surface area (Å²) >= 11 is 0. The average molecular weight is 204 g/mol. The van der Waals surface area contributed by atoms with Crippen LogP contribution < -0.4 is 10.6 Å². The zero-order chi connectivity index (χ0) is 10.7. The third-order valence-electron chi connectivity index (χ3n) is 2.33. The van der Waals surface area contributed by atoms with Gasteiger partial charge in [0.25, 0.3) is 0 Å². The number of anilines is 1. The van der Waals surface area contributed by atoms with Gasteiger partial charge in [-0.05, 0) is 12.1 Å². The number of nitrogens with zero attached hydrogens (tertiary/aromatic N) is 3. The summed E-state index contributed by atoms with van der Waals surface area (Å²) in [6.45, 7) is 1.93. The molecule has 1 saturated heterocycles. The molecule has 0 saturated carbocycles. The van der Waals surface area contributed by atoms with Gasteiger partial charge in [0.15, 0.2) is 5.69 Å². The molecule has 0 aliphatic carbocycles. The van der Waals surface area contributed by atoms with Gasteiger partial charge in [0.05, 0.1) is 18.8 Å². The summed E-state index contributed by atoms with van der Waals surface area (Å²) < 4.78 is 5.24. The summed E-state index contributed by atoms with van der Waals surface area (Å²) in [5.74, 6) is 0. The van der Waals surface area contributed by atoms with Crippen molar-refractivity contribution in [2.45, 2.75) is 6.23 Å². The van der Waals surface area contributed by atoms with E-state index in [1.165, 1.54) is 0 Å². The van der Waals surface area contributed by atoms with Crippen LogP contribution in [-0.4, -0.2) is 30.9 Å². The lowest BCUT2D eigenvalue weighted by Gasteiger charge is -2.32. The van der Waals surface area contributed by atoms with E-state index in [0.717, 1.165) is 12.2 Å². The molecule has 0 bridgehead atoms. The molecule has 0 unspecified atom stereocenters. The van der Waals surface area contributed by atoms with E-state index in [0.29, 0.717) is 18.8 Å². The molecule has 1 aliphatic heterocycles. The number of ether oxygens (including phenoxy) is 1. The molecule has 1 fully saturated rings. The van der Waals surface area contributed by atoms with Gasteiger partial charge >= 0.3 is 0 Å². The Morgan fingerprint density at radius 2 is 2.53 bits per heavy atom. The van der Waals surface area contributed by atoms with Crippen molar-refractivity contribution in [3.63, 3.8) is 0 Å². The Labute approximate surface area is 88.1 Å². The lowest BCUT2D eigenvalue weighted by Crippen LogP contribution is -2.47. The highest BCUT2D eigenvalue weighted by atomic mass is 16.5. The molecule has 78 valence electrons. The molecule has 0 radical (unpaired) electrons. The van der Waals surface area contributed by atoms with Gasteiger partial charge in [0.1, 0.15) is 12.3 Å². The Morgan fingerprint density at radius 1 is 1.67 bits per heavy atom. The Balaban J connectivity index is 2.25. The van der Waals surface area contributed by atoms with Crippen LogP contribution in [0.2, 0.25) is 0 Å². The second-order valence-electron chi connectivity index (χ2n) is 3.34. The predicted molar refractivity (Wildman–Crippen MR) is 55.1 cm³/mol. The molecule has 5 heteroatoms. The number of rotatable bonds is 1. The summed E-state index contributed by atoms with van der Waals surface area (Å²) in [5, 5.41) is 8.91. The van der Waals surface area contributed by atoms with E-state index in [-0.39, 0.29) is 6.23 Å². The zero-order valence-corrected chi connectivity index (χ0v) is 8.26. The highest BCUT2D eigenvalue weighted by Crippen LogP contribution is 2.19. The molecule has 1 atom stereocenters. The van der Waals surface area contributed by atoms with Crippen LogP contribution in [0.1, 0.15) is 5.69 Å². The van der Waals surface area contributed by atoms with E-state index in [9.17, 15) is 0 Å². The maximum Gasteiger partial charge on any atom is 0.163 e. The minimum absolute atomic E-state index is 0.287. The number of aromatic nitrogens is 1. The van der Waals surface area contributed by atoms with E-state index >= 15 is 0 Å². The first-order valence-corrected chi connectivity index (χ1v) is 4.78. The van der Waals surface area contributed by atoms with E-state index in [2.05, 4.69) is 11.1 Å². The maximum absolute atomic E-state index is 8.91. The van der Waals surface area contributed by atoms with Gasteiger partial charge in [-0.2, -0.15) is 5.26 Å². The monoisotopic (exact) mass is 204 g/mol. The summed E-state index contributed by atoms with van der Waals surface area (Å²) in [6, 6.07) is 5.77. The molecule has 15 heavy (non-hydrogen) atoms. The Bertz CT molecular complexity index is 387. The first kappa shape index (κ1) is 9.90. The lowest BCUT2D eigenvalue weighted by atomic mass is 10.2. The van der Waals surface area contributed by atoms with Crippen LogP contribution in [-0.2, 0) is 4.74 Å². The van der Waals surface area contributed by atoms with Crippen LogP contribution in [0.5, 0.6) is 0 Å². The van der Waals surface area contributed by atoms with Gasteiger partial charge in [-0.15, -0.1) is 0 Å². The molecule has 2 heterocycles. The van der Waals surface area contributed by atoms with Crippen molar-refractivity contribution in [3.05, 3.63) is 24.0 Å². The fourth-order valence-corrected chi connectivity index (χ4v) is 1.63. The normalized spacial score (nSPS) is 21.1. The maximum atomic E-state index is 8.91. The Hall–Kier alpha value is -1.64. The van der Waals surface area contributed by atoms with Crippen molar-refractivity contribution in [3.8, 4) is 6.07 Å². The molecule has 0 amide bonds. The average Bonchev–Trinajstić information content (AvgIpc) is 2.29. The SMILES string of the molecule is N#Cc1ncccc1N1CCO[C@H](N)C1. The number of hydrogen-bond donors (Lipinski definition) is 1. The van der Waals surface area contributed by atoms with Crippen LogP contribution in [0.15, 0.2) is 18.3 Å². The van der Waals surface area contributed by atoms with Crippen molar-refractivity contribution in [1.29, 1.82) is 5.26 Å². The number of pyridine rings is 1. The Kier molecular flexibility index (Phi) is 2.81. The van der Waals surface area contributed by atoms with E-state index in [1.807, 2.05) is 17.0 Å². The van der Waals surface area contributed by atoms with Gasteiger partial charge < -0.3 is 15.4 Å². The predicted octanol–water partition coefficient (Wildman–Crippen LogP) is 0.0747. The van der Waals surface area contributed by atoms with Gasteiger partial charge in [-0.3, -0.25) is 0 Å². The lowest BCUT2D eigenvalue weighted by molar-refractivity contribution is 0.0451. The van der Waals surface area contributed by atoms with Crippen LogP contribution >= 0.6 is 0 Å². The second-order valence-corrected chi connectivity index (χ2v) is 3.34. The van der Waals surface area contributed by atoms with Gasteiger partial charge in [-0.1, -0.05) is 0 Å². The molecule has 1 aromatic heterocycles. The highest BCUT2D eigenvalue weighted by Gasteiger charge is 2.19. The van der Waals surface area contributed by atoms with Crippen LogP contribution in [0.4, 0.5) is 5.69 Å². The topological polar surface area (TPSA) is 75.2 Å².